The van der Waals surface area contributed by atoms with E-state index in [2.05, 4.69) is 12.1 Å². The maximum Gasteiger partial charge on any atom is 0.372 e. The Morgan fingerprint density at radius 1 is 1.35 bits per heavy atom. The van der Waals surface area contributed by atoms with Crippen LogP contribution < -0.4 is 28.5 Å². The zero-order chi connectivity index (χ0) is 12.1. The van der Waals surface area contributed by atoms with E-state index in [-0.39, 0.29) is 29.9 Å². The Balaban J connectivity index is 0.00000256. The fourth-order valence-corrected chi connectivity index (χ4v) is 2.17. The molecule has 0 aromatic carbocycles. The molecule has 1 rings (SSSR count). The smallest absolute Gasteiger partial charge is 0.372 e. The van der Waals surface area contributed by atoms with E-state index < -0.39 is 0 Å². The second kappa shape index (κ2) is 7.92. The summed E-state index contributed by atoms with van der Waals surface area (Å²) in [4.78, 5) is 12.6. The molecular weight excluding hydrogens is 349 g/mol. The maximum absolute atomic E-state index is 11.4. The topological polar surface area (TPSA) is 30.2 Å². The van der Waals surface area contributed by atoms with Crippen molar-refractivity contribution in [1.29, 1.82) is 0 Å². The standard InChI is InChI=1S/C12H18NO2S.HI/c1-5-15-12(14)8-13-9(2)6-11(16-4)7-10(13)3;/h6-7H,5,8H2,1-4H3;1H/q+1;/p-1. The maximum atomic E-state index is 11.4. The third-order valence-electron chi connectivity index (χ3n) is 2.38. The second-order valence-electron chi connectivity index (χ2n) is 3.57. The summed E-state index contributed by atoms with van der Waals surface area (Å²) >= 11 is 1.71. The minimum atomic E-state index is -0.185. The van der Waals surface area contributed by atoms with Crippen molar-refractivity contribution in [3.8, 4) is 0 Å². The highest BCUT2D eigenvalue weighted by atomic mass is 127. The molecule has 96 valence electrons. The van der Waals surface area contributed by atoms with Crippen LogP contribution in [0, 0.1) is 13.8 Å². The first-order valence-corrected chi connectivity index (χ1v) is 6.51. The van der Waals surface area contributed by atoms with Gasteiger partial charge in [0.25, 0.3) is 0 Å². The summed E-state index contributed by atoms with van der Waals surface area (Å²) in [5, 5.41) is 0. The number of halogens is 1. The lowest BCUT2D eigenvalue weighted by atomic mass is 10.3. The Morgan fingerprint density at radius 2 is 1.88 bits per heavy atom. The van der Waals surface area contributed by atoms with Crippen LogP contribution in [0.2, 0.25) is 0 Å². The summed E-state index contributed by atoms with van der Waals surface area (Å²) in [5.74, 6) is -0.185. The molecule has 1 aromatic rings. The van der Waals surface area contributed by atoms with Gasteiger partial charge in [-0.2, -0.15) is 4.57 Å². The summed E-state index contributed by atoms with van der Waals surface area (Å²) in [7, 11) is 0. The molecule has 1 heterocycles. The number of hydrogen-bond acceptors (Lipinski definition) is 3. The van der Waals surface area contributed by atoms with E-state index in [1.54, 1.807) is 11.8 Å². The van der Waals surface area contributed by atoms with Crippen LogP contribution >= 0.6 is 11.8 Å². The van der Waals surface area contributed by atoms with Gasteiger partial charge in [-0.25, -0.2) is 4.79 Å². The van der Waals surface area contributed by atoms with Crippen LogP contribution in [0.15, 0.2) is 17.0 Å². The van der Waals surface area contributed by atoms with Crippen LogP contribution in [0.4, 0.5) is 0 Å². The first kappa shape index (κ1) is 16.7. The quantitative estimate of drug-likeness (QED) is 0.292. The molecule has 0 bridgehead atoms. The molecule has 0 atom stereocenters. The minimum absolute atomic E-state index is 0. The highest BCUT2D eigenvalue weighted by Gasteiger charge is 2.17. The molecule has 17 heavy (non-hydrogen) atoms. The van der Waals surface area contributed by atoms with Crippen molar-refractivity contribution in [3.05, 3.63) is 23.5 Å². The Kier molecular flexibility index (Phi) is 7.78. The Hall–Kier alpha value is -0.300. The van der Waals surface area contributed by atoms with E-state index >= 15 is 0 Å². The van der Waals surface area contributed by atoms with Gasteiger partial charge in [-0.15, -0.1) is 11.8 Å². The van der Waals surface area contributed by atoms with Crippen LogP contribution in [0.1, 0.15) is 18.3 Å². The number of hydrogen-bond donors (Lipinski definition) is 0. The molecule has 0 fully saturated rings. The van der Waals surface area contributed by atoms with Gasteiger partial charge in [0, 0.05) is 30.9 Å². The summed E-state index contributed by atoms with van der Waals surface area (Å²) < 4.78 is 6.92. The number of carbonyl (C=O) groups excluding carboxylic acids is 1. The molecule has 5 heteroatoms. The molecule has 0 aliphatic rings. The number of ether oxygens (including phenoxy) is 1. The number of nitrogens with zero attached hydrogens (tertiary/aromatic N) is 1. The molecule has 0 saturated heterocycles. The van der Waals surface area contributed by atoms with Gasteiger partial charge in [0.15, 0.2) is 11.4 Å². The van der Waals surface area contributed by atoms with Crippen LogP contribution in [0.5, 0.6) is 0 Å². The highest BCUT2D eigenvalue weighted by Crippen LogP contribution is 2.15. The minimum Gasteiger partial charge on any atom is -1.00 e. The average molecular weight is 367 g/mol. The van der Waals surface area contributed by atoms with E-state index in [0.29, 0.717) is 13.2 Å². The van der Waals surface area contributed by atoms with E-state index in [9.17, 15) is 4.79 Å². The predicted octanol–water partition coefficient (Wildman–Crippen LogP) is -1.12. The van der Waals surface area contributed by atoms with Crippen molar-refractivity contribution < 1.29 is 38.1 Å². The lowest BCUT2D eigenvalue weighted by Crippen LogP contribution is -3.00. The van der Waals surface area contributed by atoms with E-state index in [0.717, 1.165) is 11.4 Å². The summed E-state index contributed by atoms with van der Waals surface area (Å²) in [6, 6.07) is 4.16. The second-order valence-corrected chi connectivity index (χ2v) is 4.45. The number of pyridine rings is 1. The van der Waals surface area contributed by atoms with E-state index in [1.165, 1.54) is 4.90 Å². The number of rotatable bonds is 4. The van der Waals surface area contributed by atoms with Crippen LogP contribution in [0.3, 0.4) is 0 Å². The van der Waals surface area contributed by atoms with Crippen molar-refractivity contribution in [1.82, 2.24) is 0 Å². The molecule has 0 aliphatic carbocycles. The molecule has 0 radical (unpaired) electrons. The summed E-state index contributed by atoms with van der Waals surface area (Å²) in [5.41, 5.74) is 2.16. The molecule has 0 spiro atoms. The number of aryl methyl sites for hydroxylation is 2. The average Bonchev–Trinajstić information content (AvgIpc) is 2.23. The van der Waals surface area contributed by atoms with Gasteiger partial charge >= 0.3 is 5.97 Å². The molecule has 0 aliphatic heterocycles. The van der Waals surface area contributed by atoms with E-state index in [4.69, 9.17) is 4.74 Å². The number of thioether (sulfide) groups is 1. The fourth-order valence-electron chi connectivity index (χ4n) is 1.59. The normalized spacial score (nSPS) is 9.65. The van der Waals surface area contributed by atoms with Gasteiger partial charge in [0.05, 0.1) is 6.61 Å². The Bertz CT molecular complexity index is 373. The van der Waals surface area contributed by atoms with Crippen LogP contribution in [0.25, 0.3) is 0 Å². The third kappa shape index (κ3) is 4.83. The molecule has 1 aromatic heterocycles. The fraction of sp³-hybridized carbons (Fsp3) is 0.500. The van der Waals surface area contributed by atoms with Gasteiger partial charge in [-0.3, -0.25) is 0 Å². The third-order valence-corrected chi connectivity index (χ3v) is 3.09. The largest absolute Gasteiger partial charge is 1.00 e. The zero-order valence-corrected chi connectivity index (χ0v) is 13.6. The Labute approximate surface area is 124 Å². The van der Waals surface area contributed by atoms with Gasteiger partial charge < -0.3 is 28.7 Å². The molecule has 0 amide bonds. The van der Waals surface area contributed by atoms with Crippen molar-refractivity contribution in [3.63, 3.8) is 0 Å². The van der Waals surface area contributed by atoms with Crippen molar-refractivity contribution in [2.45, 2.75) is 32.2 Å². The number of esters is 1. The lowest BCUT2D eigenvalue weighted by Gasteiger charge is -2.05. The monoisotopic (exact) mass is 367 g/mol. The van der Waals surface area contributed by atoms with E-state index in [1.807, 2.05) is 31.6 Å². The van der Waals surface area contributed by atoms with Gasteiger partial charge in [0.2, 0.25) is 6.54 Å². The summed E-state index contributed by atoms with van der Waals surface area (Å²) in [6.45, 7) is 6.55. The van der Waals surface area contributed by atoms with Crippen LogP contribution in [-0.2, 0) is 16.1 Å². The number of aromatic nitrogens is 1. The first-order valence-electron chi connectivity index (χ1n) is 5.29. The van der Waals surface area contributed by atoms with Crippen molar-refractivity contribution in [2.75, 3.05) is 12.9 Å². The molecular formula is C12H18INO2S. The predicted molar refractivity (Wildman–Crippen MR) is 64.5 cm³/mol. The van der Waals surface area contributed by atoms with Gasteiger partial charge in [-0.05, 0) is 13.2 Å². The molecule has 0 saturated carbocycles. The Morgan fingerprint density at radius 3 is 2.29 bits per heavy atom. The first-order chi connectivity index (χ1) is 7.58. The van der Waals surface area contributed by atoms with Gasteiger partial charge in [0.1, 0.15) is 0 Å². The lowest BCUT2D eigenvalue weighted by molar-refractivity contribution is -0.698. The van der Waals surface area contributed by atoms with Crippen molar-refractivity contribution in [2.24, 2.45) is 0 Å². The molecule has 0 N–H and O–H groups in total. The molecule has 3 nitrogen and oxygen atoms in total. The number of carbonyl (C=O) groups is 1. The van der Waals surface area contributed by atoms with Gasteiger partial charge in [-0.1, -0.05) is 0 Å². The highest BCUT2D eigenvalue weighted by molar-refractivity contribution is 7.98. The SMILES string of the molecule is CCOC(=O)C[n+]1c(C)cc(SC)cc1C.[I-]. The molecule has 0 unspecified atom stereocenters. The zero-order valence-electron chi connectivity index (χ0n) is 10.6. The summed E-state index contributed by atoms with van der Waals surface area (Å²) in [6.07, 6.45) is 2.05. The van der Waals surface area contributed by atoms with Crippen LogP contribution in [-0.4, -0.2) is 18.8 Å². The van der Waals surface area contributed by atoms with Crippen molar-refractivity contribution >= 4 is 17.7 Å².